The summed E-state index contributed by atoms with van der Waals surface area (Å²) < 4.78 is 16.5. The Morgan fingerprint density at radius 3 is 2.23 bits per heavy atom. The lowest BCUT2D eigenvalue weighted by molar-refractivity contribution is -0.116. The lowest BCUT2D eigenvalue weighted by atomic mass is 10.2. The minimum absolute atomic E-state index is 0.131. The molecule has 0 aromatic heterocycles. The average molecular weight is 406 g/mol. The van der Waals surface area contributed by atoms with Crippen LogP contribution in [0.3, 0.4) is 0 Å². The molecular formula is C24H26N2O4. The van der Waals surface area contributed by atoms with Crippen molar-refractivity contribution in [3.05, 3.63) is 72.3 Å². The van der Waals surface area contributed by atoms with E-state index in [1.165, 1.54) is 0 Å². The topological polar surface area (TPSA) is 68.8 Å². The molecule has 0 saturated heterocycles. The van der Waals surface area contributed by atoms with Gasteiger partial charge in [0.1, 0.15) is 17.5 Å². The van der Waals surface area contributed by atoms with Crippen molar-refractivity contribution in [1.82, 2.24) is 0 Å². The van der Waals surface area contributed by atoms with E-state index in [2.05, 4.69) is 10.6 Å². The van der Waals surface area contributed by atoms with Gasteiger partial charge in [-0.05, 0) is 67.9 Å². The molecule has 0 fully saturated rings. The summed E-state index contributed by atoms with van der Waals surface area (Å²) >= 11 is 0. The lowest BCUT2D eigenvalue weighted by Gasteiger charge is -2.17. The van der Waals surface area contributed by atoms with Crippen LogP contribution >= 0.6 is 0 Å². The number of benzene rings is 3. The molecule has 0 saturated carbocycles. The van der Waals surface area contributed by atoms with E-state index in [1.54, 1.807) is 33.3 Å². The second kappa shape index (κ2) is 9.69. The minimum Gasteiger partial charge on any atom is -0.497 e. The molecule has 0 heterocycles. The minimum atomic E-state index is -0.451. The largest absolute Gasteiger partial charge is 0.497 e. The normalized spacial score (nSPS) is 11.3. The first-order chi connectivity index (χ1) is 14.5. The molecule has 3 aromatic carbocycles. The predicted octanol–water partition coefficient (Wildman–Crippen LogP) is 5.24. The Bertz CT molecular complexity index is 1000. The van der Waals surface area contributed by atoms with Gasteiger partial charge in [-0.2, -0.15) is 0 Å². The van der Waals surface area contributed by atoms with E-state index < -0.39 is 6.04 Å². The van der Waals surface area contributed by atoms with Crippen molar-refractivity contribution in [3.63, 3.8) is 0 Å². The van der Waals surface area contributed by atoms with Crippen LogP contribution in [0.5, 0.6) is 23.0 Å². The molecule has 30 heavy (non-hydrogen) atoms. The predicted molar refractivity (Wildman–Crippen MR) is 119 cm³/mol. The smallest absolute Gasteiger partial charge is 0.246 e. The van der Waals surface area contributed by atoms with Crippen molar-refractivity contribution in [2.45, 2.75) is 19.9 Å². The third kappa shape index (κ3) is 5.44. The van der Waals surface area contributed by atoms with Crippen LogP contribution in [0.1, 0.15) is 12.5 Å². The third-order valence-corrected chi connectivity index (χ3v) is 4.51. The SMILES string of the molecule is COc1ccc(Oc2cc(NC(C)C(=O)Nc3cccc(C)c3)ccc2OC)cc1. The van der Waals surface area contributed by atoms with Crippen LogP contribution < -0.4 is 24.8 Å². The standard InChI is InChI=1S/C24H26N2O4/c1-16-6-5-7-18(14-16)26-24(27)17(2)25-19-8-13-22(29-4)23(15-19)30-21-11-9-20(28-3)10-12-21/h5-15,17,25H,1-4H3,(H,26,27). The molecule has 3 aromatic rings. The van der Waals surface area contributed by atoms with Crippen molar-refractivity contribution in [3.8, 4) is 23.0 Å². The van der Waals surface area contributed by atoms with Gasteiger partial charge in [0.25, 0.3) is 0 Å². The van der Waals surface area contributed by atoms with Gasteiger partial charge in [-0.25, -0.2) is 0 Å². The van der Waals surface area contributed by atoms with Gasteiger partial charge in [0.05, 0.1) is 14.2 Å². The first kappa shape index (κ1) is 21.0. The quantitative estimate of drug-likeness (QED) is 0.535. The lowest BCUT2D eigenvalue weighted by Crippen LogP contribution is -2.31. The first-order valence-electron chi connectivity index (χ1n) is 9.62. The second-order valence-corrected chi connectivity index (χ2v) is 6.87. The molecule has 1 unspecified atom stereocenters. The molecule has 156 valence electrons. The molecule has 1 amide bonds. The van der Waals surface area contributed by atoms with E-state index in [-0.39, 0.29) is 5.91 Å². The van der Waals surface area contributed by atoms with Gasteiger partial charge in [0.2, 0.25) is 5.91 Å². The first-order valence-corrected chi connectivity index (χ1v) is 9.62. The highest BCUT2D eigenvalue weighted by atomic mass is 16.5. The Morgan fingerprint density at radius 2 is 1.57 bits per heavy atom. The van der Waals surface area contributed by atoms with Gasteiger partial charge in [-0.3, -0.25) is 4.79 Å². The zero-order valence-corrected chi connectivity index (χ0v) is 17.6. The van der Waals surface area contributed by atoms with Crippen LogP contribution in [0, 0.1) is 6.92 Å². The summed E-state index contributed by atoms with van der Waals surface area (Å²) in [6, 6.07) is 20.0. The molecule has 0 radical (unpaired) electrons. The van der Waals surface area contributed by atoms with Gasteiger partial charge in [-0.15, -0.1) is 0 Å². The van der Waals surface area contributed by atoms with Crippen LogP contribution in [0.25, 0.3) is 0 Å². The number of hydrogen-bond donors (Lipinski definition) is 2. The van der Waals surface area contributed by atoms with Crippen LogP contribution in [0.15, 0.2) is 66.7 Å². The Hall–Kier alpha value is -3.67. The van der Waals surface area contributed by atoms with Crippen LogP contribution in [0.4, 0.5) is 11.4 Å². The van der Waals surface area contributed by atoms with Crippen molar-refractivity contribution in [2.75, 3.05) is 24.9 Å². The molecule has 0 aliphatic carbocycles. The molecule has 0 aliphatic rings. The zero-order valence-electron chi connectivity index (χ0n) is 17.6. The molecule has 6 heteroatoms. The van der Waals surface area contributed by atoms with Crippen LogP contribution in [0.2, 0.25) is 0 Å². The van der Waals surface area contributed by atoms with E-state index in [0.29, 0.717) is 17.2 Å². The van der Waals surface area contributed by atoms with E-state index in [9.17, 15) is 4.79 Å². The number of anilines is 2. The Labute approximate surface area is 176 Å². The molecular weight excluding hydrogens is 380 g/mol. The summed E-state index contributed by atoms with van der Waals surface area (Å²) in [5.74, 6) is 2.40. The summed E-state index contributed by atoms with van der Waals surface area (Å²) in [6.07, 6.45) is 0. The highest BCUT2D eigenvalue weighted by molar-refractivity contribution is 5.96. The van der Waals surface area contributed by atoms with Crippen molar-refractivity contribution >= 4 is 17.3 Å². The van der Waals surface area contributed by atoms with E-state index in [0.717, 1.165) is 22.7 Å². The van der Waals surface area contributed by atoms with Gasteiger partial charge in [-0.1, -0.05) is 12.1 Å². The summed E-state index contributed by atoms with van der Waals surface area (Å²) in [5, 5.41) is 6.13. The number of aryl methyl sites for hydroxylation is 1. The highest BCUT2D eigenvalue weighted by Crippen LogP contribution is 2.34. The van der Waals surface area contributed by atoms with Crippen molar-refractivity contribution in [2.24, 2.45) is 0 Å². The second-order valence-electron chi connectivity index (χ2n) is 6.87. The average Bonchev–Trinajstić information content (AvgIpc) is 2.74. The number of amides is 1. The fourth-order valence-electron chi connectivity index (χ4n) is 2.91. The molecule has 0 aliphatic heterocycles. The fourth-order valence-corrected chi connectivity index (χ4v) is 2.91. The number of ether oxygens (including phenoxy) is 3. The monoisotopic (exact) mass is 406 g/mol. The Kier molecular flexibility index (Phi) is 6.80. The van der Waals surface area contributed by atoms with Gasteiger partial charge < -0.3 is 24.8 Å². The number of hydrogen-bond acceptors (Lipinski definition) is 5. The van der Waals surface area contributed by atoms with Gasteiger partial charge >= 0.3 is 0 Å². The molecule has 0 spiro atoms. The summed E-state index contributed by atoms with van der Waals surface area (Å²) in [4.78, 5) is 12.5. The maximum Gasteiger partial charge on any atom is 0.246 e. The number of nitrogens with one attached hydrogen (secondary N) is 2. The highest BCUT2D eigenvalue weighted by Gasteiger charge is 2.15. The summed E-state index contributed by atoms with van der Waals surface area (Å²) in [7, 11) is 3.20. The zero-order chi connectivity index (χ0) is 21.5. The molecule has 3 rings (SSSR count). The molecule has 6 nitrogen and oxygen atoms in total. The van der Waals surface area contributed by atoms with E-state index in [1.807, 2.05) is 61.5 Å². The van der Waals surface area contributed by atoms with Gasteiger partial charge in [0, 0.05) is 17.4 Å². The van der Waals surface area contributed by atoms with Gasteiger partial charge in [0.15, 0.2) is 11.5 Å². The van der Waals surface area contributed by atoms with E-state index >= 15 is 0 Å². The summed E-state index contributed by atoms with van der Waals surface area (Å²) in [6.45, 7) is 3.79. The molecule has 1 atom stereocenters. The number of carbonyl (C=O) groups is 1. The maximum atomic E-state index is 12.5. The number of methoxy groups -OCH3 is 2. The maximum absolute atomic E-state index is 12.5. The van der Waals surface area contributed by atoms with E-state index in [4.69, 9.17) is 14.2 Å². The van der Waals surface area contributed by atoms with Crippen molar-refractivity contribution < 1.29 is 19.0 Å². The van der Waals surface area contributed by atoms with Crippen LogP contribution in [-0.4, -0.2) is 26.2 Å². The Morgan fingerprint density at radius 1 is 0.833 bits per heavy atom. The Balaban J connectivity index is 1.70. The van der Waals surface area contributed by atoms with Crippen molar-refractivity contribution in [1.29, 1.82) is 0 Å². The number of carbonyl (C=O) groups excluding carboxylic acids is 1. The molecule has 0 bridgehead atoms. The number of rotatable bonds is 8. The van der Waals surface area contributed by atoms with Crippen LogP contribution in [-0.2, 0) is 4.79 Å². The summed E-state index contributed by atoms with van der Waals surface area (Å²) in [5.41, 5.74) is 2.60. The fraction of sp³-hybridized carbons (Fsp3) is 0.208. The third-order valence-electron chi connectivity index (χ3n) is 4.51. The molecule has 2 N–H and O–H groups in total.